The van der Waals surface area contributed by atoms with Crippen molar-refractivity contribution in [3.8, 4) is 0 Å². The highest BCUT2D eigenvalue weighted by Crippen LogP contribution is 2.43. The van der Waals surface area contributed by atoms with Gasteiger partial charge in [-0.1, -0.05) is 324 Å². The number of nitrogens with two attached hydrogens (primary N) is 1. The number of allylic oxidation sites excluding steroid dienone is 14. The molecule has 0 rings (SSSR count). The predicted octanol–water partition coefficient (Wildman–Crippen LogP) is 22.2. The second-order valence-electron chi connectivity index (χ2n) is 22.7. The molecule has 0 aliphatic rings. The molecule has 0 aliphatic carbocycles. The van der Waals surface area contributed by atoms with Crippen LogP contribution in [0, 0.1) is 0 Å². The number of rotatable bonds is 64. The first-order chi connectivity index (χ1) is 39.8. The van der Waals surface area contributed by atoms with E-state index in [0.717, 1.165) is 89.9 Å². The molecule has 0 aromatic rings. The van der Waals surface area contributed by atoms with Gasteiger partial charge in [0.1, 0.15) is 6.61 Å². The van der Waals surface area contributed by atoms with Crippen LogP contribution < -0.4 is 5.73 Å². The van der Waals surface area contributed by atoms with Crippen LogP contribution in [0.4, 0.5) is 0 Å². The second kappa shape index (κ2) is 66.3. The quantitative estimate of drug-likeness (QED) is 0.0264. The Morgan fingerprint density at radius 2 is 0.679 bits per heavy atom. The first-order valence-electron chi connectivity index (χ1n) is 34.1. The Bertz CT molecular complexity index is 1600. The van der Waals surface area contributed by atoms with Crippen molar-refractivity contribution in [2.45, 2.75) is 328 Å². The molecule has 2 atom stereocenters. The van der Waals surface area contributed by atoms with E-state index in [-0.39, 0.29) is 38.6 Å². The summed E-state index contributed by atoms with van der Waals surface area (Å²) in [6.07, 6.45) is 88.2. The van der Waals surface area contributed by atoms with Crippen LogP contribution in [0.25, 0.3) is 0 Å². The molecule has 0 aromatic carbocycles. The number of phosphoric acid groups is 1. The zero-order valence-corrected chi connectivity index (χ0v) is 53.7. The van der Waals surface area contributed by atoms with Crippen LogP contribution in [-0.4, -0.2) is 49.3 Å². The maximum atomic E-state index is 12.7. The molecule has 81 heavy (non-hydrogen) atoms. The zero-order valence-electron chi connectivity index (χ0n) is 52.8. The number of unbranched alkanes of at least 4 members (excludes halogenated alkanes) is 37. The van der Waals surface area contributed by atoms with Gasteiger partial charge in [-0.25, -0.2) is 4.57 Å². The lowest BCUT2D eigenvalue weighted by atomic mass is 10.0. The molecule has 9 nitrogen and oxygen atoms in total. The topological polar surface area (TPSA) is 134 Å². The first-order valence-corrected chi connectivity index (χ1v) is 35.6. The summed E-state index contributed by atoms with van der Waals surface area (Å²) in [4.78, 5) is 35.3. The smallest absolute Gasteiger partial charge is 0.462 e. The van der Waals surface area contributed by atoms with E-state index in [1.807, 2.05) is 0 Å². The van der Waals surface area contributed by atoms with Gasteiger partial charge in [-0.15, -0.1) is 0 Å². The molecule has 0 bridgehead atoms. The predicted molar refractivity (Wildman–Crippen MR) is 349 cm³/mol. The van der Waals surface area contributed by atoms with E-state index in [9.17, 15) is 19.0 Å². The van der Waals surface area contributed by atoms with Gasteiger partial charge in [0.05, 0.1) is 13.2 Å². The third-order valence-electron chi connectivity index (χ3n) is 14.8. The van der Waals surface area contributed by atoms with E-state index in [1.54, 1.807) is 0 Å². The van der Waals surface area contributed by atoms with Crippen molar-refractivity contribution in [3.05, 3.63) is 85.1 Å². The average molecular weight is 1150 g/mol. The van der Waals surface area contributed by atoms with Crippen molar-refractivity contribution < 1.29 is 37.6 Å². The Morgan fingerprint density at radius 1 is 0.383 bits per heavy atom. The van der Waals surface area contributed by atoms with E-state index in [4.69, 9.17) is 24.3 Å². The number of ether oxygens (including phenoxy) is 2. The van der Waals surface area contributed by atoms with Gasteiger partial charge in [0.15, 0.2) is 6.10 Å². The molecule has 0 radical (unpaired) electrons. The Labute approximate surface area is 500 Å². The second-order valence-corrected chi connectivity index (χ2v) is 24.1. The molecule has 2 unspecified atom stereocenters. The van der Waals surface area contributed by atoms with Crippen LogP contribution in [0.1, 0.15) is 322 Å². The van der Waals surface area contributed by atoms with E-state index in [2.05, 4.69) is 98.9 Å². The normalized spacial score (nSPS) is 13.5. The SMILES string of the molecule is CC/C=C\C/C=C\C/C=C\C/C=C\C/C=C\C/C=C\C/C=C\CCCCCCCCCC(=O)OC(COC(=O)CCCCCCCCCCCCCCCCCCCCCCCCCCCCCCCCC)COP(=O)(O)OCCN. The summed E-state index contributed by atoms with van der Waals surface area (Å²) in [5.74, 6) is -0.831. The highest BCUT2D eigenvalue weighted by molar-refractivity contribution is 7.47. The van der Waals surface area contributed by atoms with Crippen LogP contribution >= 0.6 is 7.82 Å². The largest absolute Gasteiger partial charge is 0.472 e. The lowest BCUT2D eigenvalue weighted by molar-refractivity contribution is -0.161. The van der Waals surface area contributed by atoms with Crippen LogP contribution in [0.2, 0.25) is 0 Å². The first kappa shape index (κ1) is 78.2. The van der Waals surface area contributed by atoms with E-state index in [1.165, 1.54) is 199 Å². The third-order valence-corrected chi connectivity index (χ3v) is 15.8. The number of esters is 2. The summed E-state index contributed by atoms with van der Waals surface area (Å²) in [7, 11) is -4.40. The summed E-state index contributed by atoms with van der Waals surface area (Å²) >= 11 is 0. The van der Waals surface area contributed by atoms with Crippen LogP contribution in [0.5, 0.6) is 0 Å². The van der Waals surface area contributed by atoms with E-state index >= 15 is 0 Å². The Kier molecular flexibility index (Phi) is 64.0. The average Bonchev–Trinajstić information content (AvgIpc) is 3.46. The van der Waals surface area contributed by atoms with E-state index in [0.29, 0.717) is 6.42 Å². The highest BCUT2D eigenvalue weighted by atomic mass is 31.2. The van der Waals surface area contributed by atoms with Crippen LogP contribution in [0.15, 0.2) is 85.1 Å². The molecular formula is C71H128NO8P. The van der Waals surface area contributed by atoms with Crippen molar-refractivity contribution >= 4 is 19.8 Å². The highest BCUT2D eigenvalue weighted by Gasteiger charge is 2.26. The Hall–Kier alpha value is -2.81. The zero-order chi connectivity index (χ0) is 58.7. The standard InChI is InChI=1S/C71H128NO8P/c1-3-5-7-9-11-13-15-17-19-21-23-25-27-29-31-33-34-36-37-39-41-43-45-47-49-51-53-55-57-59-61-63-70(73)77-67-69(68-79-81(75,76)78-66-65-72)80-71(74)64-62-60-58-56-54-52-50-48-46-44-42-40-38-35-32-30-28-26-24-22-20-18-16-14-12-10-8-6-4-2/h6,8,12,14,18,20,24,26,30,32,38,40,44,46,69H,3-5,7,9-11,13,15-17,19,21-23,25,27-29,31,33-37,39,41-43,45,47-68,72H2,1-2H3,(H,75,76)/b8-6-,14-12-,20-18-,26-24-,32-30-,40-38-,46-44-. The molecule has 0 amide bonds. The molecule has 0 heterocycles. The molecule has 10 heteroatoms. The Balaban J connectivity index is 3.91. The summed E-state index contributed by atoms with van der Waals surface area (Å²) in [6, 6.07) is 0. The molecule has 0 saturated carbocycles. The molecule has 0 saturated heterocycles. The number of hydrogen-bond acceptors (Lipinski definition) is 8. The van der Waals surface area contributed by atoms with Crippen molar-refractivity contribution in [1.82, 2.24) is 0 Å². The van der Waals surface area contributed by atoms with Crippen LogP contribution in [0.3, 0.4) is 0 Å². The van der Waals surface area contributed by atoms with Gasteiger partial charge in [0, 0.05) is 19.4 Å². The number of phosphoric ester groups is 1. The van der Waals surface area contributed by atoms with E-state index < -0.39 is 26.5 Å². The number of carbonyl (C=O) groups excluding carboxylic acids is 2. The number of carbonyl (C=O) groups is 2. The minimum absolute atomic E-state index is 0.0489. The molecule has 0 fully saturated rings. The summed E-state index contributed by atoms with van der Waals surface area (Å²) in [5, 5.41) is 0. The fourth-order valence-corrected chi connectivity index (χ4v) is 10.6. The van der Waals surface area contributed by atoms with Gasteiger partial charge in [0.2, 0.25) is 0 Å². The van der Waals surface area contributed by atoms with Crippen molar-refractivity contribution in [2.75, 3.05) is 26.4 Å². The lowest BCUT2D eigenvalue weighted by Crippen LogP contribution is -2.29. The van der Waals surface area contributed by atoms with Crippen LogP contribution in [-0.2, 0) is 32.7 Å². The molecule has 0 aliphatic heterocycles. The van der Waals surface area contributed by atoms with Crippen molar-refractivity contribution in [1.29, 1.82) is 0 Å². The molecule has 470 valence electrons. The van der Waals surface area contributed by atoms with Gasteiger partial charge in [0.25, 0.3) is 0 Å². The fourth-order valence-electron chi connectivity index (χ4n) is 9.80. The van der Waals surface area contributed by atoms with Gasteiger partial charge in [-0.2, -0.15) is 0 Å². The monoisotopic (exact) mass is 1150 g/mol. The molecule has 3 N–H and O–H groups in total. The number of hydrogen-bond donors (Lipinski definition) is 2. The summed E-state index contributed by atoms with van der Waals surface area (Å²) in [5.41, 5.74) is 5.40. The molecular weight excluding hydrogens is 1030 g/mol. The third kappa shape index (κ3) is 66.2. The van der Waals surface area contributed by atoms with Gasteiger partial charge >= 0.3 is 19.8 Å². The van der Waals surface area contributed by atoms with Gasteiger partial charge < -0.3 is 20.1 Å². The molecule has 0 aromatic heterocycles. The van der Waals surface area contributed by atoms with Crippen molar-refractivity contribution in [3.63, 3.8) is 0 Å². The van der Waals surface area contributed by atoms with Crippen molar-refractivity contribution in [2.24, 2.45) is 5.73 Å². The minimum Gasteiger partial charge on any atom is -0.462 e. The Morgan fingerprint density at radius 3 is 1.01 bits per heavy atom. The minimum atomic E-state index is -4.40. The summed E-state index contributed by atoms with van der Waals surface area (Å²) in [6.45, 7) is 3.66. The van der Waals surface area contributed by atoms with Gasteiger partial charge in [-0.3, -0.25) is 18.6 Å². The molecule has 0 spiro atoms. The summed E-state index contributed by atoms with van der Waals surface area (Å²) < 4.78 is 33.2. The maximum absolute atomic E-state index is 12.7. The fraction of sp³-hybridized carbons (Fsp3) is 0.775. The maximum Gasteiger partial charge on any atom is 0.472 e. The van der Waals surface area contributed by atoms with Gasteiger partial charge in [-0.05, 0) is 70.6 Å². The lowest BCUT2D eigenvalue weighted by Gasteiger charge is -2.19.